The Hall–Kier alpha value is -3.72. The number of Topliss-reactive ketones (excluding diaryl/α,β-unsaturated/α-hetero) is 1. The highest BCUT2D eigenvalue weighted by Gasteiger charge is 2.40. The molecule has 34 heavy (non-hydrogen) atoms. The van der Waals surface area contributed by atoms with Crippen LogP contribution in [0.2, 0.25) is 0 Å². The summed E-state index contributed by atoms with van der Waals surface area (Å²) >= 11 is 0. The number of unbranched alkanes of at least 4 members (excludes halogenated alkanes) is 1. The molecule has 1 atom stereocenters. The van der Waals surface area contributed by atoms with Crippen molar-refractivity contribution in [3.8, 4) is 16.9 Å². The van der Waals surface area contributed by atoms with Crippen molar-refractivity contribution >= 4 is 17.4 Å². The molecule has 0 saturated carbocycles. The Bertz CT molecular complexity index is 1140. The largest absolute Gasteiger partial charge is 0.493 e. The van der Waals surface area contributed by atoms with Crippen LogP contribution >= 0.6 is 0 Å². The van der Waals surface area contributed by atoms with Gasteiger partial charge in [-0.05, 0) is 41.8 Å². The molecule has 1 amide bonds. The molecule has 6 nitrogen and oxygen atoms in total. The SMILES string of the molecule is CCCCOc1ccc(C(=O)C(O)c2ccccc2)c(NC(=O)C(F)(F)F)c1-c1ccncc1. The fraction of sp³-hybridized carbons (Fsp3) is 0.240. The first kappa shape index (κ1) is 24.9. The third-order valence-corrected chi connectivity index (χ3v) is 5.02. The van der Waals surface area contributed by atoms with Crippen molar-refractivity contribution in [2.75, 3.05) is 11.9 Å². The van der Waals surface area contributed by atoms with Crippen LogP contribution in [-0.2, 0) is 4.79 Å². The predicted octanol–water partition coefficient (Wildman–Crippen LogP) is 5.34. The third kappa shape index (κ3) is 5.79. The third-order valence-electron chi connectivity index (χ3n) is 5.02. The summed E-state index contributed by atoms with van der Waals surface area (Å²) in [4.78, 5) is 29.1. The van der Waals surface area contributed by atoms with Crippen LogP contribution in [0.25, 0.3) is 11.1 Å². The number of anilines is 1. The summed E-state index contributed by atoms with van der Waals surface area (Å²) in [5.41, 5.74) is 0.0329. The number of ether oxygens (including phenoxy) is 1. The van der Waals surface area contributed by atoms with Crippen molar-refractivity contribution in [3.05, 3.63) is 78.1 Å². The van der Waals surface area contributed by atoms with Gasteiger partial charge >= 0.3 is 12.1 Å². The summed E-state index contributed by atoms with van der Waals surface area (Å²) in [6.45, 7) is 2.23. The topological polar surface area (TPSA) is 88.5 Å². The normalized spacial score (nSPS) is 12.1. The molecule has 2 N–H and O–H groups in total. The maximum atomic E-state index is 13.2. The summed E-state index contributed by atoms with van der Waals surface area (Å²) in [7, 11) is 0. The molecule has 0 spiro atoms. The van der Waals surface area contributed by atoms with Gasteiger partial charge in [0.05, 0.1) is 12.3 Å². The van der Waals surface area contributed by atoms with Crippen LogP contribution in [0.3, 0.4) is 0 Å². The Morgan fingerprint density at radius 3 is 2.35 bits per heavy atom. The fourth-order valence-corrected chi connectivity index (χ4v) is 3.29. The summed E-state index contributed by atoms with van der Waals surface area (Å²) in [5, 5.41) is 12.5. The lowest BCUT2D eigenvalue weighted by Gasteiger charge is -2.21. The second kappa shape index (κ2) is 10.9. The van der Waals surface area contributed by atoms with Crippen LogP contribution in [0.4, 0.5) is 18.9 Å². The van der Waals surface area contributed by atoms with Gasteiger partial charge in [-0.15, -0.1) is 0 Å². The zero-order valence-corrected chi connectivity index (χ0v) is 18.3. The number of nitrogens with zero attached hydrogens (tertiary/aromatic N) is 1. The van der Waals surface area contributed by atoms with Crippen molar-refractivity contribution in [2.45, 2.75) is 32.0 Å². The number of halogens is 3. The van der Waals surface area contributed by atoms with E-state index < -0.39 is 29.7 Å². The molecule has 3 rings (SSSR count). The van der Waals surface area contributed by atoms with Crippen LogP contribution in [0.15, 0.2) is 67.0 Å². The molecule has 0 bridgehead atoms. The van der Waals surface area contributed by atoms with E-state index in [9.17, 15) is 27.9 Å². The van der Waals surface area contributed by atoms with E-state index in [4.69, 9.17) is 4.74 Å². The number of nitrogens with one attached hydrogen (secondary N) is 1. The van der Waals surface area contributed by atoms with Gasteiger partial charge in [0.25, 0.3) is 0 Å². The zero-order chi connectivity index (χ0) is 24.7. The van der Waals surface area contributed by atoms with Crippen molar-refractivity contribution in [2.24, 2.45) is 0 Å². The van der Waals surface area contributed by atoms with E-state index in [1.165, 1.54) is 48.8 Å². The van der Waals surface area contributed by atoms with Crippen molar-refractivity contribution in [1.29, 1.82) is 0 Å². The van der Waals surface area contributed by atoms with Gasteiger partial charge in [0, 0.05) is 23.5 Å². The fourth-order valence-electron chi connectivity index (χ4n) is 3.29. The van der Waals surface area contributed by atoms with Crippen LogP contribution in [-0.4, -0.2) is 34.6 Å². The van der Waals surface area contributed by atoms with E-state index in [2.05, 4.69) is 4.98 Å². The molecule has 178 valence electrons. The number of ketones is 1. The maximum absolute atomic E-state index is 13.2. The molecule has 1 unspecified atom stereocenters. The lowest BCUT2D eigenvalue weighted by molar-refractivity contribution is -0.167. The second-order valence-corrected chi connectivity index (χ2v) is 7.43. The minimum atomic E-state index is -5.20. The van der Waals surface area contributed by atoms with Gasteiger partial charge in [0.2, 0.25) is 0 Å². The Morgan fingerprint density at radius 2 is 1.74 bits per heavy atom. The number of rotatable bonds is 9. The van der Waals surface area contributed by atoms with Gasteiger partial charge < -0.3 is 15.2 Å². The summed E-state index contributed by atoms with van der Waals surface area (Å²) in [5.74, 6) is -2.95. The van der Waals surface area contributed by atoms with Crippen molar-refractivity contribution < 1.29 is 32.6 Å². The molecule has 3 aromatic rings. The van der Waals surface area contributed by atoms with Crippen LogP contribution in [0.5, 0.6) is 5.75 Å². The molecule has 0 saturated heterocycles. The minimum absolute atomic E-state index is 0.0854. The number of pyridine rings is 1. The van der Waals surface area contributed by atoms with Gasteiger partial charge in [0.1, 0.15) is 11.9 Å². The molecule has 1 heterocycles. The molecule has 9 heteroatoms. The van der Waals surface area contributed by atoms with Crippen molar-refractivity contribution in [3.63, 3.8) is 0 Å². The first-order valence-electron chi connectivity index (χ1n) is 10.6. The molecule has 2 aromatic carbocycles. The van der Waals surface area contributed by atoms with E-state index in [1.54, 1.807) is 18.2 Å². The molecular formula is C25H23F3N2O4. The number of hydrogen-bond acceptors (Lipinski definition) is 5. The highest BCUT2D eigenvalue weighted by molar-refractivity contribution is 6.12. The number of amides is 1. The summed E-state index contributed by atoms with van der Waals surface area (Å²) < 4.78 is 45.4. The number of alkyl halides is 3. The molecule has 0 aliphatic heterocycles. The van der Waals surface area contributed by atoms with Gasteiger partial charge in [0.15, 0.2) is 5.78 Å². The van der Waals surface area contributed by atoms with Gasteiger partial charge in [-0.2, -0.15) is 13.2 Å². The molecular weight excluding hydrogens is 449 g/mol. The Morgan fingerprint density at radius 1 is 1.06 bits per heavy atom. The van der Waals surface area contributed by atoms with E-state index in [1.807, 2.05) is 12.2 Å². The van der Waals surface area contributed by atoms with Crippen LogP contribution in [0, 0.1) is 0 Å². The Kier molecular flexibility index (Phi) is 8.01. The number of aliphatic hydroxyl groups excluding tert-OH is 1. The highest BCUT2D eigenvalue weighted by atomic mass is 19.4. The van der Waals surface area contributed by atoms with Gasteiger partial charge in [-0.1, -0.05) is 43.7 Å². The van der Waals surface area contributed by atoms with Gasteiger partial charge in [-0.25, -0.2) is 0 Å². The quantitative estimate of drug-likeness (QED) is 0.324. The Labute approximate surface area is 194 Å². The molecule has 0 aliphatic carbocycles. The Balaban J connectivity index is 2.20. The van der Waals surface area contributed by atoms with E-state index in [0.717, 1.165) is 6.42 Å². The second-order valence-electron chi connectivity index (χ2n) is 7.43. The zero-order valence-electron chi connectivity index (χ0n) is 18.3. The van der Waals surface area contributed by atoms with Crippen LogP contribution in [0.1, 0.15) is 41.8 Å². The standard InChI is InChI=1S/C25H23F3N2O4/c1-2-3-15-34-19-10-9-18(23(32)22(31)17-7-5-4-6-8-17)21(30-24(33)25(26,27)28)20(19)16-11-13-29-14-12-16/h4-14,22,31H,2-3,15H2,1H3,(H,30,33). The first-order valence-corrected chi connectivity index (χ1v) is 10.6. The molecule has 0 aliphatic rings. The smallest absolute Gasteiger partial charge is 0.471 e. The average molecular weight is 472 g/mol. The number of carbonyl (C=O) groups excluding carboxylic acids is 2. The van der Waals surface area contributed by atoms with E-state index in [0.29, 0.717) is 12.0 Å². The first-order chi connectivity index (χ1) is 16.2. The predicted molar refractivity (Wildman–Crippen MR) is 120 cm³/mol. The average Bonchev–Trinajstić information content (AvgIpc) is 2.84. The number of benzene rings is 2. The summed E-state index contributed by atoms with van der Waals surface area (Å²) in [6.07, 6.45) is -2.50. The van der Waals surface area contributed by atoms with Crippen molar-refractivity contribution in [1.82, 2.24) is 4.98 Å². The minimum Gasteiger partial charge on any atom is -0.493 e. The van der Waals surface area contributed by atoms with Gasteiger partial charge in [-0.3, -0.25) is 14.6 Å². The van der Waals surface area contributed by atoms with E-state index >= 15 is 0 Å². The van der Waals surface area contributed by atoms with E-state index in [-0.39, 0.29) is 29.0 Å². The molecule has 1 aromatic heterocycles. The number of aliphatic hydroxyl groups is 1. The molecule has 0 fully saturated rings. The lowest BCUT2D eigenvalue weighted by Crippen LogP contribution is -2.31. The summed E-state index contributed by atoms with van der Waals surface area (Å²) in [6, 6.07) is 13.7. The maximum Gasteiger partial charge on any atom is 0.471 e. The number of aromatic nitrogens is 1. The molecule has 0 radical (unpaired) electrons. The lowest BCUT2D eigenvalue weighted by atomic mass is 9.93. The number of hydrogen-bond donors (Lipinski definition) is 2. The number of carbonyl (C=O) groups is 2. The van der Waals surface area contributed by atoms with Crippen LogP contribution < -0.4 is 10.1 Å². The highest BCUT2D eigenvalue weighted by Crippen LogP contribution is 2.41. The monoisotopic (exact) mass is 472 g/mol.